The second-order valence-electron chi connectivity index (χ2n) is 5.03. The van der Waals surface area contributed by atoms with Gasteiger partial charge in [-0.2, -0.15) is 0 Å². The van der Waals surface area contributed by atoms with Crippen LogP contribution in [-0.4, -0.2) is 21.0 Å². The zero-order chi connectivity index (χ0) is 15.7. The Morgan fingerprint density at radius 1 is 1.18 bits per heavy atom. The maximum absolute atomic E-state index is 13.9. The van der Waals surface area contributed by atoms with Crippen LogP contribution in [0.1, 0.15) is 34.5 Å². The fraction of sp³-hybridized carbons (Fsp3) is 0.118. The summed E-state index contributed by atoms with van der Waals surface area (Å²) in [5.41, 5.74) is 1.90. The molecular formula is C17H13FN2O2. The number of aromatic carboxylic acids is 1. The average Bonchev–Trinajstić information content (AvgIpc) is 2.53. The first kappa shape index (κ1) is 14.1. The summed E-state index contributed by atoms with van der Waals surface area (Å²) < 4.78 is 13.9. The fourth-order valence-electron chi connectivity index (χ4n) is 2.49. The molecule has 2 aromatic heterocycles. The lowest BCUT2D eigenvalue weighted by atomic mass is 9.94. The van der Waals surface area contributed by atoms with Crippen molar-refractivity contribution in [2.24, 2.45) is 0 Å². The minimum Gasteiger partial charge on any atom is -0.478 e. The molecule has 0 amide bonds. The van der Waals surface area contributed by atoms with Gasteiger partial charge in [0.1, 0.15) is 5.82 Å². The molecule has 5 heteroatoms. The van der Waals surface area contributed by atoms with E-state index in [1.807, 2.05) is 13.0 Å². The van der Waals surface area contributed by atoms with Gasteiger partial charge in [-0.1, -0.05) is 13.0 Å². The van der Waals surface area contributed by atoms with Crippen molar-refractivity contribution < 1.29 is 14.3 Å². The summed E-state index contributed by atoms with van der Waals surface area (Å²) in [6.45, 7) is 1.84. The fourth-order valence-corrected chi connectivity index (χ4v) is 2.49. The van der Waals surface area contributed by atoms with E-state index < -0.39 is 5.97 Å². The molecule has 1 atom stereocenters. The molecule has 0 aliphatic carbocycles. The van der Waals surface area contributed by atoms with Crippen LogP contribution in [-0.2, 0) is 0 Å². The van der Waals surface area contributed by atoms with Gasteiger partial charge in [0, 0.05) is 23.7 Å². The van der Waals surface area contributed by atoms with Gasteiger partial charge in [0.2, 0.25) is 0 Å². The topological polar surface area (TPSA) is 63.1 Å². The van der Waals surface area contributed by atoms with Gasteiger partial charge in [-0.3, -0.25) is 9.97 Å². The number of carboxylic acid groups (broad SMARTS) is 1. The summed E-state index contributed by atoms with van der Waals surface area (Å²) in [5, 5.41) is 9.81. The number of rotatable bonds is 3. The van der Waals surface area contributed by atoms with Crippen molar-refractivity contribution in [3.05, 3.63) is 71.4 Å². The Labute approximate surface area is 126 Å². The van der Waals surface area contributed by atoms with E-state index in [9.17, 15) is 14.3 Å². The Hall–Kier alpha value is -2.82. The van der Waals surface area contributed by atoms with Gasteiger partial charge in [0.05, 0.1) is 16.8 Å². The van der Waals surface area contributed by atoms with Crippen molar-refractivity contribution in [2.75, 3.05) is 0 Å². The van der Waals surface area contributed by atoms with Gasteiger partial charge in [-0.15, -0.1) is 0 Å². The molecule has 0 aliphatic rings. The van der Waals surface area contributed by atoms with Crippen LogP contribution in [0.4, 0.5) is 4.39 Å². The lowest BCUT2D eigenvalue weighted by molar-refractivity contribution is 0.0699. The minimum absolute atomic E-state index is 0.181. The SMILES string of the molecule is C[C@@H](c1ccc2nccc(C(=O)O)c2c1)c1ncccc1F. The molecule has 3 aromatic rings. The number of nitrogens with zero attached hydrogens (tertiary/aromatic N) is 2. The summed E-state index contributed by atoms with van der Waals surface area (Å²) in [6, 6.07) is 9.67. The van der Waals surface area contributed by atoms with Gasteiger partial charge >= 0.3 is 5.97 Å². The van der Waals surface area contributed by atoms with Crippen LogP contribution in [0.5, 0.6) is 0 Å². The molecule has 1 aromatic carbocycles. The molecule has 0 spiro atoms. The summed E-state index contributed by atoms with van der Waals surface area (Å²) >= 11 is 0. The monoisotopic (exact) mass is 296 g/mol. The van der Waals surface area contributed by atoms with Crippen molar-refractivity contribution in [3.8, 4) is 0 Å². The summed E-state index contributed by atoms with van der Waals surface area (Å²) in [5.74, 6) is -1.67. The molecule has 0 saturated heterocycles. The predicted molar refractivity (Wildman–Crippen MR) is 80.4 cm³/mol. The molecule has 3 rings (SSSR count). The highest BCUT2D eigenvalue weighted by Crippen LogP contribution is 2.28. The first-order valence-electron chi connectivity index (χ1n) is 6.80. The third-order valence-electron chi connectivity index (χ3n) is 3.69. The van der Waals surface area contributed by atoms with E-state index >= 15 is 0 Å². The van der Waals surface area contributed by atoms with Gasteiger partial charge in [-0.05, 0) is 35.9 Å². The van der Waals surface area contributed by atoms with Gasteiger partial charge in [0.25, 0.3) is 0 Å². The number of benzene rings is 1. The van der Waals surface area contributed by atoms with Crippen LogP contribution < -0.4 is 0 Å². The number of hydrogen-bond donors (Lipinski definition) is 1. The molecule has 0 unspecified atom stereocenters. The molecule has 0 radical (unpaired) electrons. The number of carboxylic acids is 1. The number of fused-ring (bicyclic) bond motifs is 1. The van der Waals surface area contributed by atoms with Crippen LogP contribution in [0, 0.1) is 5.82 Å². The summed E-state index contributed by atoms with van der Waals surface area (Å²) in [6.07, 6.45) is 3.01. The first-order valence-corrected chi connectivity index (χ1v) is 6.80. The molecule has 1 N–H and O–H groups in total. The zero-order valence-corrected chi connectivity index (χ0v) is 11.8. The third-order valence-corrected chi connectivity index (χ3v) is 3.69. The number of hydrogen-bond acceptors (Lipinski definition) is 3. The number of pyridine rings is 2. The molecule has 110 valence electrons. The second kappa shape index (κ2) is 5.52. The maximum atomic E-state index is 13.9. The van der Waals surface area contributed by atoms with Crippen molar-refractivity contribution in [2.45, 2.75) is 12.8 Å². The van der Waals surface area contributed by atoms with Crippen LogP contribution in [0.3, 0.4) is 0 Å². The Bertz CT molecular complexity index is 864. The van der Waals surface area contributed by atoms with Crippen LogP contribution >= 0.6 is 0 Å². The highest BCUT2D eigenvalue weighted by Gasteiger charge is 2.16. The van der Waals surface area contributed by atoms with Crippen molar-refractivity contribution >= 4 is 16.9 Å². The Balaban J connectivity index is 2.14. The van der Waals surface area contributed by atoms with Crippen LogP contribution in [0.15, 0.2) is 48.8 Å². The normalized spacial score (nSPS) is 12.3. The molecule has 4 nitrogen and oxygen atoms in total. The molecule has 0 fully saturated rings. The molecule has 0 aliphatic heterocycles. The van der Waals surface area contributed by atoms with E-state index in [0.29, 0.717) is 16.6 Å². The predicted octanol–water partition coefficient (Wildman–Crippen LogP) is 3.62. The van der Waals surface area contributed by atoms with Crippen LogP contribution in [0.2, 0.25) is 0 Å². The largest absolute Gasteiger partial charge is 0.478 e. The second-order valence-corrected chi connectivity index (χ2v) is 5.03. The Kier molecular flexibility index (Phi) is 3.55. The molecule has 0 saturated carbocycles. The maximum Gasteiger partial charge on any atom is 0.336 e. The molecule has 22 heavy (non-hydrogen) atoms. The Morgan fingerprint density at radius 3 is 2.73 bits per heavy atom. The lowest BCUT2D eigenvalue weighted by Gasteiger charge is -2.13. The molecular weight excluding hydrogens is 283 g/mol. The number of aromatic nitrogens is 2. The quantitative estimate of drug-likeness (QED) is 0.801. The van der Waals surface area contributed by atoms with Crippen molar-refractivity contribution in [1.29, 1.82) is 0 Å². The van der Waals surface area contributed by atoms with Crippen LogP contribution in [0.25, 0.3) is 10.9 Å². The third kappa shape index (κ3) is 2.41. The summed E-state index contributed by atoms with van der Waals surface area (Å²) in [7, 11) is 0. The van der Waals surface area contributed by atoms with E-state index in [2.05, 4.69) is 9.97 Å². The van der Waals surface area contributed by atoms with E-state index in [0.717, 1.165) is 5.56 Å². The van der Waals surface area contributed by atoms with E-state index in [1.165, 1.54) is 18.3 Å². The summed E-state index contributed by atoms with van der Waals surface area (Å²) in [4.78, 5) is 19.6. The minimum atomic E-state index is -1.01. The first-order chi connectivity index (χ1) is 10.6. The van der Waals surface area contributed by atoms with E-state index in [1.54, 1.807) is 24.4 Å². The van der Waals surface area contributed by atoms with Crippen molar-refractivity contribution in [3.63, 3.8) is 0 Å². The average molecular weight is 296 g/mol. The van der Waals surface area contributed by atoms with E-state index in [4.69, 9.17) is 0 Å². The smallest absolute Gasteiger partial charge is 0.336 e. The standard InChI is InChI=1S/C17H13FN2O2/c1-10(16-14(18)3-2-7-20-16)11-4-5-15-13(9-11)12(17(21)22)6-8-19-15/h2-10H,1H3,(H,21,22)/t10-/m0/s1. The molecule has 0 bridgehead atoms. The van der Waals surface area contributed by atoms with Crippen molar-refractivity contribution in [1.82, 2.24) is 9.97 Å². The lowest BCUT2D eigenvalue weighted by Crippen LogP contribution is -2.04. The Morgan fingerprint density at radius 2 is 2.00 bits per heavy atom. The number of halogens is 1. The zero-order valence-electron chi connectivity index (χ0n) is 11.8. The van der Waals surface area contributed by atoms with E-state index in [-0.39, 0.29) is 17.3 Å². The highest BCUT2D eigenvalue weighted by molar-refractivity contribution is 6.02. The number of carbonyl (C=O) groups is 1. The van der Waals surface area contributed by atoms with Gasteiger partial charge < -0.3 is 5.11 Å². The highest BCUT2D eigenvalue weighted by atomic mass is 19.1. The molecule has 2 heterocycles. The van der Waals surface area contributed by atoms with Gasteiger partial charge in [-0.25, -0.2) is 9.18 Å². The van der Waals surface area contributed by atoms with Gasteiger partial charge in [0.15, 0.2) is 0 Å².